The number of ether oxygens (including phenoxy) is 1. The number of nitrogens with one attached hydrogen (secondary N) is 1. The molecule has 2 amide bonds. The molecule has 0 aliphatic rings. The summed E-state index contributed by atoms with van der Waals surface area (Å²) in [6.07, 6.45) is 0. The molecule has 2 aromatic rings. The third-order valence-electron chi connectivity index (χ3n) is 4.37. The molecule has 2 rings (SSSR count). The van der Waals surface area contributed by atoms with Crippen LogP contribution in [0.15, 0.2) is 54.6 Å². The molecule has 0 bridgehead atoms. The molecule has 5 heteroatoms. The Labute approximate surface area is 167 Å². The van der Waals surface area contributed by atoms with Gasteiger partial charge in [0.05, 0.1) is 0 Å². The Kier molecular flexibility index (Phi) is 7.21. The Morgan fingerprint density at radius 1 is 1.04 bits per heavy atom. The van der Waals surface area contributed by atoms with Crippen LogP contribution >= 0.6 is 0 Å². The SMILES string of the molecule is Cc1ccccc1CN(C(=O)COc1ccccc1)[C@@H](C)C(=O)NC(C)(C)C. The molecule has 5 nitrogen and oxygen atoms in total. The molecule has 0 heterocycles. The normalized spacial score (nSPS) is 12.2. The Morgan fingerprint density at radius 2 is 1.64 bits per heavy atom. The zero-order valence-electron chi connectivity index (χ0n) is 17.4. The van der Waals surface area contributed by atoms with E-state index in [1.54, 1.807) is 24.0 Å². The number of amides is 2. The van der Waals surface area contributed by atoms with Gasteiger partial charge in [0.15, 0.2) is 6.61 Å². The molecule has 0 aliphatic heterocycles. The van der Waals surface area contributed by atoms with Gasteiger partial charge in [0.1, 0.15) is 11.8 Å². The zero-order valence-corrected chi connectivity index (χ0v) is 17.4. The summed E-state index contributed by atoms with van der Waals surface area (Å²) in [7, 11) is 0. The van der Waals surface area contributed by atoms with Crippen LogP contribution in [-0.4, -0.2) is 34.9 Å². The van der Waals surface area contributed by atoms with Gasteiger partial charge in [0.25, 0.3) is 5.91 Å². The molecule has 150 valence electrons. The maximum absolute atomic E-state index is 13.0. The van der Waals surface area contributed by atoms with Gasteiger partial charge in [-0.25, -0.2) is 0 Å². The van der Waals surface area contributed by atoms with Crippen molar-refractivity contribution < 1.29 is 14.3 Å². The summed E-state index contributed by atoms with van der Waals surface area (Å²) in [5.41, 5.74) is 1.71. The third kappa shape index (κ3) is 6.41. The second kappa shape index (κ2) is 9.40. The monoisotopic (exact) mass is 382 g/mol. The molecule has 0 saturated heterocycles. The first-order valence-electron chi connectivity index (χ1n) is 9.51. The lowest BCUT2D eigenvalue weighted by atomic mass is 10.1. The van der Waals surface area contributed by atoms with E-state index in [0.717, 1.165) is 11.1 Å². The largest absolute Gasteiger partial charge is 0.484 e. The van der Waals surface area contributed by atoms with Crippen molar-refractivity contribution in [1.29, 1.82) is 0 Å². The predicted octanol–water partition coefficient (Wildman–Crippen LogP) is 3.71. The standard InChI is InChI=1S/C23H30N2O3/c1-17-11-9-10-12-19(17)15-25(18(2)22(27)24-23(3,4)5)21(26)16-28-20-13-7-6-8-14-20/h6-14,18H,15-16H2,1-5H3,(H,24,27)/t18-/m0/s1. The van der Waals surface area contributed by atoms with Gasteiger partial charge < -0.3 is 15.0 Å². The first kappa shape index (κ1) is 21.5. The fraction of sp³-hybridized carbons (Fsp3) is 0.391. The summed E-state index contributed by atoms with van der Waals surface area (Å²) >= 11 is 0. The quantitative estimate of drug-likeness (QED) is 0.794. The van der Waals surface area contributed by atoms with Crippen LogP contribution in [-0.2, 0) is 16.1 Å². The summed E-state index contributed by atoms with van der Waals surface area (Å²) < 4.78 is 5.62. The van der Waals surface area contributed by atoms with Crippen molar-refractivity contribution in [3.8, 4) is 5.75 Å². The van der Waals surface area contributed by atoms with E-state index in [9.17, 15) is 9.59 Å². The molecule has 0 aromatic heterocycles. The van der Waals surface area contributed by atoms with E-state index in [2.05, 4.69) is 5.32 Å². The minimum Gasteiger partial charge on any atom is -0.484 e. The molecular weight excluding hydrogens is 352 g/mol. The zero-order chi connectivity index (χ0) is 20.7. The Bertz CT molecular complexity index is 797. The van der Waals surface area contributed by atoms with Crippen molar-refractivity contribution in [3.05, 3.63) is 65.7 Å². The fourth-order valence-corrected chi connectivity index (χ4v) is 2.77. The lowest BCUT2D eigenvalue weighted by Crippen LogP contribution is -2.53. The lowest BCUT2D eigenvalue weighted by Gasteiger charge is -2.31. The van der Waals surface area contributed by atoms with E-state index in [4.69, 9.17) is 4.74 Å². The molecule has 0 aliphatic carbocycles. The topological polar surface area (TPSA) is 58.6 Å². The van der Waals surface area contributed by atoms with Crippen molar-refractivity contribution in [2.75, 3.05) is 6.61 Å². The van der Waals surface area contributed by atoms with E-state index in [1.165, 1.54) is 0 Å². The molecule has 2 aromatic carbocycles. The summed E-state index contributed by atoms with van der Waals surface area (Å²) in [5.74, 6) is 0.205. The molecule has 0 spiro atoms. The van der Waals surface area contributed by atoms with Crippen LogP contribution in [0.2, 0.25) is 0 Å². The molecule has 0 fully saturated rings. The van der Waals surface area contributed by atoms with Crippen LogP contribution in [0.3, 0.4) is 0 Å². The van der Waals surface area contributed by atoms with E-state index in [-0.39, 0.29) is 24.0 Å². The fourth-order valence-electron chi connectivity index (χ4n) is 2.77. The number of hydrogen-bond acceptors (Lipinski definition) is 3. The smallest absolute Gasteiger partial charge is 0.261 e. The first-order valence-corrected chi connectivity index (χ1v) is 9.51. The Morgan fingerprint density at radius 3 is 2.25 bits per heavy atom. The number of para-hydroxylation sites is 1. The average molecular weight is 383 g/mol. The van der Waals surface area contributed by atoms with Crippen LogP contribution in [0.25, 0.3) is 0 Å². The van der Waals surface area contributed by atoms with Crippen LogP contribution in [0, 0.1) is 6.92 Å². The van der Waals surface area contributed by atoms with Gasteiger partial charge in [0, 0.05) is 12.1 Å². The van der Waals surface area contributed by atoms with Crippen molar-refractivity contribution >= 4 is 11.8 Å². The molecule has 0 unspecified atom stereocenters. The van der Waals surface area contributed by atoms with Crippen LogP contribution in [0.1, 0.15) is 38.8 Å². The summed E-state index contributed by atoms with van der Waals surface area (Å²) in [6, 6.07) is 16.4. The van der Waals surface area contributed by atoms with Crippen molar-refractivity contribution in [2.24, 2.45) is 0 Å². The van der Waals surface area contributed by atoms with E-state index in [1.807, 2.05) is 70.2 Å². The number of hydrogen-bond donors (Lipinski definition) is 1. The lowest BCUT2D eigenvalue weighted by molar-refractivity contribution is -0.142. The molecular formula is C23H30N2O3. The highest BCUT2D eigenvalue weighted by Gasteiger charge is 2.28. The number of carbonyl (C=O) groups excluding carboxylic acids is 2. The highest BCUT2D eigenvalue weighted by Crippen LogP contribution is 2.15. The van der Waals surface area contributed by atoms with Gasteiger partial charge in [-0.05, 0) is 57.9 Å². The molecule has 1 atom stereocenters. The predicted molar refractivity (Wildman–Crippen MR) is 111 cm³/mol. The summed E-state index contributed by atoms with van der Waals surface area (Å²) in [6.45, 7) is 9.74. The van der Waals surface area contributed by atoms with Crippen molar-refractivity contribution in [1.82, 2.24) is 10.2 Å². The summed E-state index contributed by atoms with van der Waals surface area (Å²) in [4.78, 5) is 27.2. The van der Waals surface area contributed by atoms with Gasteiger partial charge in [-0.1, -0.05) is 42.5 Å². The Balaban J connectivity index is 2.18. The maximum atomic E-state index is 13.0. The van der Waals surface area contributed by atoms with Gasteiger partial charge in [-0.3, -0.25) is 9.59 Å². The van der Waals surface area contributed by atoms with Crippen molar-refractivity contribution in [2.45, 2.75) is 52.7 Å². The summed E-state index contributed by atoms with van der Waals surface area (Å²) in [5, 5.41) is 2.95. The first-order chi connectivity index (χ1) is 13.2. The maximum Gasteiger partial charge on any atom is 0.261 e. The van der Waals surface area contributed by atoms with Gasteiger partial charge >= 0.3 is 0 Å². The number of aryl methyl sites for hydroxylation is 1. The second-order valence-corrected chi connectivity index (χ2v) is 7.97. The van der Waals surface area contributed by atoms with E-state index in [0.29, 0.717) is 12.3 Å². The second-order valence-electron chi connectivity index (χ2n) is 7.97. The number of nitrogens with zero attached hydrogens (tertiary/aromatic N) is 1. The minimum absolute atomic E-state index is 0.122. The van der Waals surface area contributed by atoms with Crippen LogP contribution in [0.4, 0.5) is 0 Å². The number of carbonyl (C=O) groups is 2. The van der Waals surface area contributed by atoms with Crippen molar-refractivity contribution in [3.63, 3.8) is 0 Å². The molecule has 0 saturated carbocycles. The minimum atomic E-state index is -0.620. The Hall–Kier alpha value is -2.82. The van der Waals surface area contributed by atoms with Crippen LogP contribution < -0.4 is 10.1 Å². The molecule has 28 heavy (non-hydrogen) atoms. The molecule has 1 N–H and O–H groups in total. The van der Waals surface area contributed by atoms with E-state index < -0.39 is 6.04 Å². The van der Waals surface area contributed by atoms with Crippen LogP contribution in [0.5, 0.6) is 5.75 Å². The van der Waals surface area contributed by atoms with Gasteiger partial charge in [-0.15, -0.1) is 0 Å². The number of benzene rings is 2. The highest BCUT2D eigenvalue weighted by atomic mass is 16.5. The highest BCUT2D eigenvalue weighted by molar-refractivity contribution is 5.88. The van der Waals surface area contributed by atoms with Gasteiger partial charge in [-0.2, -0.15) is 0 Å². The average Bonchev–Trinajstić information content (AvgIpc) is 2.64. The third-order valence-corrected chi connectivity index (χ3v) is 4.37. The van der Waals surface area contributed by atoms with E-state index >= 15 is 0 Å². The molecule has 0 radical (unpaired) electrons. The van der Waals surface area contributed by atoms with Gasteiger partial charge in [0.2, 0.25) is 5.91 Å². The number of rotatable bonds is 7.